The number of pyridine rings is 1. The van der Waals surface area contributed by atoms with Crippen LogP contribution in [0.4, 0.5) is 5.00 Å². The highest BCUT2D eigenvalue weighted by Crippen LogP contribution is 2.33. The zero-order valence-electron chi connectivity index (χ0n) is 15.9. The van der Waals surface area contributed by atoms with Gasteiger partial charge >= 0.3 is 11.9 Å². The predicted octanol–water partition coefficient (Wildman–Crippen LogP) is 3.73. The zero-order valence-corrected chi connectivity index (χ0v) is 17.5. The van der Waals surface area contributed by atoms with Crippen molar-refractivity contribution < 1.29 is 23.9 Å². The Morgan fingerprint density at radius 2 is 2.07 bits per heavy atom. The van der Waals surface area contributed by atoms with Gasteiger partial charge in [-0.25, -0.2) is 14.6 Å². The van der Waals surface area contributed by atoms with E-state index in [1.165, 1.54) is 18.3 Å². The van der Waals surface area contributed by atoms with E-state index >= 15 is 0 Å². The van der Waals surface area contributed by atoms with Crippen molar-refractivity contribution in [3.05, 3.63) is 45.1 Å². The summed E-state index contributed by atoms with van der Waals surface area (Å²) < 4.78 is 10.2. The lowest BCUT2D eigenvalue weighted by molar-refractivity contribution is -0.124. The number of carbonyl (C=O) groups is 3. The van der Waals surface area contributed by atoms with Gasteiger partial charge in [-0.1, -0.05) is 18.5 Å². The lowest BCUT2D eigenvalue weighted by atomic mass is 10.1. The van der Waals surface area contributed by atoms with Gasteiger partial charge in [0.1, 0.15) is 21.1 Å². The smallest absolute Gasteiger partial charge is 0.348 e. The minimum atomic E-state index is -1.13. The molecule has 2 rings (SSSR count). The maximum atomic E-state index is 12.6. The molecular formula is C19H18ClN3O5S. The van der Waals surface area contributed by atoms with Crippen LogP contribution in [0.5, 0.6) is 0 Å². The SMILES string of the molecule is CCOC(=O)c1sc(NC(=O)C(CC)OC(=O)c2cccnc2Cl)c(C#N)c1C. The third-order valence-electron chi connectivity index (χ3n) is 3.85. The summed E-state index contributed by atoms with van der Waals surface area (Å²) in [6.07, 6.45) is 0.484. The number of esters is 2. The Morgan fingerprint density at radius 1 is 1.34 bits per heavy atom. The summed E-state index contributed by atoms with van der Waals surface area (Å²) >= 11 is 6.81. The standard InChI is InChI=1S/C19H18ClN3O5S/c1-4-13(28-18(25)11-7-6-8-22-15(11)20)16(24)23-17-12(9-21)10(3)14(29-17)19(26)27-5-2/h6-8,13H,4-5H2,1-3H3,(H,23,24). The number of aromatic nitrogens is 1. The highest BCUT2D eigenvalue weighted by atomic mass is 35.5. The number of thiophene rings is 1. The molecule has 0 aliphatic heterocycles. The van der Waals surface area contributed by atoms with Crippen molar-refractivity contribution in [3.8, 4) is 6.07 Å². The van der Waals surface area contributed by atoms with Gasteiger partial charge in [0.05, 0.1) is 17.7 Å². The Balaban J connectivity index is 2.20. The maximum absolute atomic E-state index is 12.6. The Labute approximate surface area is 176 Å². The van der Waals surface area contributed by atoms with Gasteiger partial charge in [-0.05, 0) is 38.0 Å². The first-order chi connectivity index (χ1) is 13.8. The van der Waals surface area contributed by atoms with Gasteiger partial charge in [-0.15, -0.1) is 11.3 Å². The molecule has 1 amide bonds. The summed E-state index contributed by atoms with van der Waals surface area (Å²) in [6, 6.07) is 4.93. The molecule has 0 radical (unpaired) electrons. The van der Waals surface area contributed by atoms with Crippen LogP contribution in [0, 0.1) is 18.3 Å². The monoisotopic (exact) mass is 435 g/mol. The summed E-state index contributed by atoms with van der Waals surface area (Å²) in [6.45, 7) is 5.12. The number of carbonyl (C=O) groups excluding carboxylic acids is 3. The van der Waals surface area contributed by atoms with Crippen LogP contribution < -0.4 is 5.32 Å². The molecule has 1 atom stereocenters. The van der Waals surface area contributed by atoms with E-state index in [9.17, 15) is 19.6 Å². The minimum absolute atomic E-state index is 0.0347. The average molecular weight is 436 g/mol. The van der Waals surface area contributed by atoms with Gasteiger partial charge in [-0.2, -0.15) is 5.26 Å². The fraction of sp³-hybridized carbons (Fsp3) is 0.316. The molecule has 1 unspecified atom stereocenters. The minimum Gasteiger partial charge on any atom is -0.462 e. The molecule has 0 fully saturated rings. The second-order valence-corrected chi connectivity index (χ2v) is 7.10. The van der Waals surface area contributed by atoms with Crippen molar-refractivity contribution in [2.45, 2.75) is 33.3 Å². The second-order valence-electron chi connectivity index (χ2n) is 5.73. The molecule has 1 N–H and O–H groups in total. The number of nitrogens with one attached hydrogen (secondary N) is 1. The lowest BCUT2D eigenvalue weighted by Crippen LogP contribution is -2.32. The number of rotatable bonds is 7. The normalized spacial score (nSPS) is 11.3. The zero-order chi connectivity index (χ0) is 21.6. The molecule has 152 valence electrons. The molecule has 8 nitrogen and oxygen atoms in total. The van der Waals surface area contributed by atoms with E-state index in [0.717, 1.165) is 11.3 Å². The fourth-order valence-electron chi connectivity index (χ4n) is 2.37. The molecule has 0 aromatic carbocycles. The van der Waals surface area contributed by atoms with E-state index in [4.69, 9.17) is 21.1 Å². The van der Waals surface area contributed by atoms with Gasteiger partial charge in [0.25, 0.3) is 5.91 Å². The summed E-state index contributed by atoms with van der Waals surface area (Å²) in [7, 11) is 0. The van der Waals surface area contributed by atoms with Crippen LogP contribution in [0.2, 0.25) is 5.15 Å². The molecule has 0 aliphatic carbocycles. The van der Waals surface area contributed by atoms with Crippen LogP contribution >= 0.6 is 22.9 Å². The highest BCUT2D eigenvalue weighted by molar-refractivity contribution is 7.18. The summed E-state index contributed by atoms with van der Waals surface area (Å²) in [5.41, 5.74) is 0.607. The molecule has 0 bridgehead atoms. The van der Waals surface area contributed by atoms with Gasteiger partial charge in [0, 0.05) is 6.20 Å². The van der Waals surface area contributed by atoms with Crippen molar-refractivity contribution >= 4 is 45.8 Å². The largest absolute Gasteiger partial charge is 0.462 e. The molecule has 0 spiro atoms. The van der Waals surface area contributed by atoms with E-state index in [-0.39, 0.29) is 39.2 Å². The van der Waals surface area contributed by atoms with Crippen LogP contribution in [-0.4, -0.2) is 35.5 Å². The van der Waals surface area contributed by atoms with Crippen LogP contribution in [0.25, 0.3) is 0 Å². The van der Waals surface area contributed by atoms with Crippen LogP contribution in [-0.2, 0) is 14.3 Å². The lowest BCUT2D eigenvalue weighted by Gasteiger charge is -2.16. The Bertz CT molecular complexity index is 983. The summed E-state index contributed by atoms with van der Waals surface area (Å²) in [4.78, 5) is 41.0. The highest BCUT2D eigenvalue weighted by Gasteiger charge is 2.27. The number of anilines is 1. The number of halogens is 1. The quantitative estimate of drug-likeness (QED) is 0.519. The molecule has 2 aromatic rings. The summed E-state index contributed by atoms with van der Waals surface area (Å²) in [5, 5.41) is 12.1. The van der Waals surface area contributed by atoms with Gasteiger partial charge in [-0.3, -0.25) is 4.79 Å². The number of ether oxygens (including phenoxy) is 2. The van der Waals surface area contributed by atoms with Gasteiger partial charge in [0.15, 0.2) is 6.10 Å². The Kier molecular flexibility index (Phi) is 7.70. The molecule has 2 heterocycles. The van der Waals surface area contributed by atoms with Crippen LogP contribution in [0.1, 0.15) is 51.4 Å². The van der Waals surface area contributed by atoms with Crippen molar-refractivity contribution in [2.75, 3.05) is 11.9 Å². The molecule has 29 heavy (non-hydrogen) atoms. The molecule has 0 saturated heterocycles. The van der Waals surface area contributed by atoms with Gasteiger partial charge < -0.3 is 14.8 Å². The van der Waals surface area contributed by atoms with E-state index in [1.54, 1.807) is 20.8 Å². The summed E-state index contributed by atoms with van der Waals surface area (Å²) in [5.74, 6) is -1.99. The van der Waals surface area contributed by atoms with Crippen LogP contribution in [0.3, 0.4) is 0 Å². The maximum Gasteiger partial charge on any atom is 0.348 e. The fourth-order valence-corrected chi connectivity index (χ4v) is 3.62. The predicted molar refractivity (Wildman–Crippen MR) is 107 cm³/mol. The topological polar surface area (TPSA) is 118 Å². The average Bonchev–Trinajstić information content (AvgIpc) is 3.01. The number of amides is 1. The van der Waals surface area contributed by atoms with Crippen molar-refractivity contribution in [2.24, 2.45) is 0 Å². The number of nitriles is 1. The first-order valence-corrected chi connectivity index (χ1v) is 9.86. The molecule has 0 saturated carbocycles. The van der Waals surface area contributed by atoms with Crippen molar-refractivity contribution in [1.29, 1.82) is 5.26 Å². The first kappa shape index (κ1) is 22.3. The van der Waals surface area contributed by atoms with Crippen LogP contribution in [0.15, 0.2) is 18.3 Å². The van der Waals surface area contributed by atoms with Gasteiger partial charge in [0.2, 0.25) is 0 Å². The number of hydrogen-bond acceptors (Lipinski definition) is 8. The van der Waals surface area contributed by atoms with E-state index in [2.05, 4.69) is 10.3 Å². The van der Waals surface area contributed by atoms with E-state index in [0.29, 0.717) is 5.56 Å². The third kappa shape index (κ3) is 5.10. The number of nitrogens with zero attached hydrogens (tertiary/aromatic N) is 2. The van der Waals surface area contributed by atoms with E-state index < -0.39 is 23.9 Å². The first-order valence-electron chi connectivity index (χ1n) is 8.66. The van der Waals surface area contributed by atoms with Crippen molar-refractivity contribution in [1.82, 2.24) is 4.98 Å². The molecular weight excluding hydrogens is 418 g/mol. The molecule has 2 aromatic heterocycles. The molecule has 10 heteroatoms. The molecule has 0 aliphatic rings. The Hall–Kier alpha value is -2.96. The second kappa shape index (κ2) is 10.0. The third-order valence-corrected chi connectivity index (χ3v) is 5.34. The number of hydrogen-bond donors (Lipinski definition) is 1. The van der Waals surface area contributed by atoms with E-state index in [1.807, 2.05) is 6.07 Å². The van der Waals surface area contributed by atoms with Crippen molar-refractivity contribution in [3.63, 3.8) is 0 Å². The Morgan fingerprint density at radius 3 is 2.66 bits per heavy atom.